The van der Waals surface area contributed by atoms with Gasteiger partial charge in [0.25, 0.3) is 0 Å². The van der Waals surface area contributed by atoms with Gasteiger partial charge in [0.1, 0.15) is 5.75 Å². The fraction of sp³-hybridized carbons (Fsp3) is 0.579. The lowest BCUT2D eigenvalue weighted by Gasteiger charge is -2.48. The number of Topliss-reactive ketones (excluding diaryl/α,β-unsaturated/α-hetero) is 1. The Bertz CT molecular complexity index is 679. The maximum Gasteiger partial charge on any atom is 0.308 e. The normalized spacial score (nSPS) is 30.0. The van der Waals surface area contributed by atoms with Crippen molar-refractivity contribution in [3.63, 3.8) is 0 Å². The number of hydrogen-bond acceptors (Lipinski definition) is 4. The van der Waals surface area contributed by atoms with Gasteiger partial charge < -0.3 is 4.74 Å². The molecule has 0 spiro atoms. The first-order chi connectivity index (χ1) is 11.0. The van der Waals surface area contributed by atoms with Crippen LogP contribution >= 0.6 is 0 Å². The number of piperidine rings is 1. The molecule has 2 unspecified atom stereocenters. The van der Waals surface area contributed by atoms with E-state index in [0.29, 0.717) is 11.5 Å². The second kappa shape index (κ2) is 5.17. The van der Waals surface area contributed by atoms with Crippen molar-refractivity contribution in [2.24, 2.45) is 5.92 Å². The maximum atomic E-state index is 13.1. The van der Waals surface area contributed by atoms with Crippen LogP contribution in [0.25, 0.3) is 0 Å². The first kappa shape index (κ1) is 14.9. The van der Waals surface area contributed by atoms with Gasteiger partial charge in [-0.05, 0) is 61.8 Å². The van der Waals surface area contributed by atoms with Gasteiger partial charge in [0.15, 0.2) is 5.78 Å². The molecule has 0 amide bonds. The molecule has 1 saturated heterocycles. The quantitative estimate of drug-likeness (QED) is 0.635. The highest BCUT2D eigenvalue weighted by Gasteiger charge is 2.50. The molecule has 1 aliphatic heterocycles. The molecule has 1 aromatic carbocycles. The van der Waals surface area contributed by atoms with Gasteiger partial charge in [0, 0.05) is 20.0 Å². The third-order valence-corrected chi connectivity index (χ3v) is 5.73. The SMILES string of the molecule is CC(=O)Oc1ccc2c(c1)C1(C)CCN(CC3CC3)C(C2)C1=O. The highest BCUT2D eigenvalue weighted by molar-refractivity contribution is 5.97. The fourth-order valence-electron chi connectivity index (χ4n) is 4.20. The third-order valence-electron chi connectivity index (χ3n) is 5.73. The van der Waals surface area contributed by atoms with Crippen molar-refractivity contribution in [3.8, 4) is 5.75 Å². The van der Waals surface area contributed by atoms with Crippen molar-refractivity contribution in [2.45, 2.75) is 51.0 Å². The summed E-state index contributed by atoms with van der Waals surface area (Å²) >= 11 is 0. The van der Waals surface area contributed by atoms with Crippen LogP contribution in [0.5, 0.6) is 5.75 Å². The predicted molar refractivity (Wildman–Crippen MR) is 86.5 cm³/mol. The fourth-order valence-corrected chi connectivity index (χ4v) is 4.20. The molecule has 4 nitrogen and oxygen atoms in total. The number of ketones is 1. The molecule has 0 radical (unpaired) electrons. The van der Waals surface area contributed by atoms with Crippen LogP contribution in [-0.2, 0) is 21.4 Å². The molecule has 2 atom stereocenters. The van der Waals surface area contributed by atoms with Crippen molar-refractivity contribution in [3.05, 3.63) is 29.3 Å². The number of carbonyl (C=O) groups excluding carboxylic acids is 2. The van der Waals surface area contributed by atoms with Crippen molar-refractivity contribution in [2.75, 3.05) is 13.1 Å². The van der Waals surface area contributed by atoms with Gasteiger partial charge in [-0.25, -0.2) is 0 Å². The Morgan fingerprint density at radius 1 is 1.39 bits per heavy atom. The molecule has 4 rings (SSSR count). The monoisotopic (exact) mass is 313 g/mol. The molecule has 1 saturated carbocycles. The van der Waals surface area contributed by atoms with Gasteiger partial charge in [0.2, 0.25) is 0 Å². The van der Waals surface area contributed by atoms with E-state index in [9.17, 15) is 9.59 Å². The molecular formula is C19H23NO3. The number of hydrogen-bond donors (Lipinski definition) is 0. The molecule has 2 aliphatic carbocycles. The van der Waals surface area contributed by atoms with E-state index in [1.165, 1.54) is 25.3 Å². The minimum atomic E-state index is -0.436. The smallest absolute Gasteiger partial charge is 0.308 e. The largest absolute Gasteiger partial charge is 0.427 e. The van der Waals surface area contributed by atoms with E-state index >= 15 is 0 Å². The molecule has 23 heavy (non-hydrogen) atoms. The van der Waals surface area contributed by atoms with E-state index in [1.807, 2.05) is 18.2 Å². The van der Waals surface area contributed by atoms with Gasteiger partial charge in [-0.1, -0.05) is 6.07 Å². The summed E-state index contributed by atoms with van der Waals surface area (Å²) in [6.07, 6.45) is 4.27. The van der Waals surface area contributed by atoms with Crippen molar-refractivity contribution in [1.82, 2.24) is 4.90 Å². The van der Waals surface area contributed by atoms with E-state index in [0.717, 1.165) is 37.4 Å². The van der Waals surface area contributed by atoms with Crippen LogP contribution in [0.15, 0.2) is 18.2 Å². The van der Waals surface area contributed by atoms with Crippen LogP contribution in [0.3, 0.4) is 0 Å². The topological polar surface area (TPSA) is 46.6 Å². The number of fused-ring (bicyclic) bond motifs is 4. The standard InChI is InChI=1S/C19H23NO3/c1-12(21)23-15-6-5-14-9-17-18(22)19(2,16(14)10-15)7-8-20(17)11-13-3-4-13/h5-6,10,13,17H,3-4,7-9,11H2,1-2H3. The molecule has 122 valence electrons. The zero-order chi connectivity index (χ0) is 16.2. The molecule has 1 heterocycles. The van der Waals surface area contributed by atoms with Crippen LogP contribution < -0.4 is 4.74 Å². The summed E-state index contributed by atoms with van der Waals surface area (Å²) in [6, 6.07) is 5.81. The maximum absolute atomic E-state index is 13.1. The van der Waals surface area contributed by atoms with Crippen LogP contribution in [-0.4, -0.2) is 35.8 Å². The number of esters is 1. The number of rotatable bonds is 3. The van der Waals surface area contributed by atoms with E-state index in [4.69, 9.17) is 4.74 Å². The highest BCUT2D eigenvalue weighted by atomic mass is 16.5. The lowest BCUT2D eigenvalue weighted by atomic mass is 9.64. The van der Waals surface area contributed by atoms with E-state index in [-0.39, 0.29) is 12.0 Å². The van der Waals surface area contributed by atoms with Crippen LogP contribution in [0.1, 0.15) is 44.2 Å². The highest BCUT2D eigenvalue weighted by Crippen LogP contribution is 2.44. The summed E-state index contributed by atoms with van der Waals surface area (Å²) in [4.78, 5) is 26.7. The van der Waals surface area contributed by atoms with Gasteiger partial charge in [-0.3, -0.25) is 14.5 Å². The Morgan fingerprint density at radius 2 is 2.17 bits per heavy atom. The Kier molecular flexibility index (Phi) is 3.34. The predicted octanol–water partition coefficient (Wildman–Crippen LogP) is 2.48. The number of benzene rings is 1. The Morgan fingerprint density at radius 3 is 2.87 bits per heavy atom. The third kappa shape index (κ3) is 2.49. The first-order valence-electron chi connectivity index (χ1n) is 8.57. The minimum Gasteiger partial charge on any atom is -0.427 e. The number of carbonyl (C=O) groups is 2. The lowest BCUT2D eigenvalue weighted by Crippen LogP contribution is -2.59. The van der Waals surface area contributed by atoms with Gasteiger partial charge in [-0.2, -0.15) is 0 Å². The van der Waals surface area contributed by atoms with Crippen LogP contribution in [0, 0.1) is 5.92 Å². The first-order valence-corrected chi connectivity index (χ1v) is 8.57. The summed E-state index contributed by atoms with van der Waals surface area (Å²) in [7, 11) is 0. The molecule has 2 fully saturated rings. The molecule has 3 aliphatic rings. The number of likely N-dealkylation sites (tertiary alicyclic amines) is 1. The van der Waals surface area contributed by atoms with Crippen molar-refractivity contribution < 1.29 is 14.3 Å². The summed E-state index contributed by atoms with van der Waals surface area (Å²) in [5.41, 5.74) is 1.85. The molecule has 0 N–H and O–H groups in total. The minimum absolute atomic E-state index is 0.0291. The summed E-state index contributed by atoms with van der Waals surface area (Å²) in [6.45, 7) is 5.53. The Balaban J connectivity index is 1.68. The average Bonchev–Trinajstić information content (AvgIpc) is 3.30. The average molecular weight is 313 g/mol. The second-order valence-corrected chi connectivity index (χ2v) is 7.52. The molecule has 4 heteroatoms. The number of nitrogens with zero attached hydrogens (tertiary/aromatic N) is 1. The van der Waals surface area contributed by atoms with E-state index in [1.54, 1.807) is 0 Å². The van der Waals surface area contributed by atoms with Crippen LogP contribution in [0.2, 0.25) is 0 Å². The van der Waals surface area contributed by atoms with Crippen molar-refractivity contribution >= 4 is 11.8 Å². The molecule has 1 aromatic rings. The zero-order valence-corrected chi connectivity index (χ0v) is 13.8. The van der Waals surface area contributed by atoms with Gasteiger partial charge in [-0.15, -0.1) is 0 Å². The zero-order valence-electron chi connectivity index (χ0n) is 13.8. The molecule has 2 bridgehead atoms. The summed E-state index contributed by atoms with van der Waals surface area (Å²) in [5, 5.41) is 0. The van der Waals surface area contributed by atoms with Crippen molar-refractivity contribution in [1.29, 1.82) is 0 Å². The number of ether oxygens (including phenoxy) is 1. The van der Waals surface area contributed by atoms with E-state index in [2.05, 4.69) is 11.8 Å². The summed E-state index contributed by atoms with van der Waals surface area (Å²) < 4.78 is 5.22. The molecule has 0 aromatic heterocycles. The van der Waals surface area contributed by atoms with Gasteiger partial charge >= 0.3 is 5.97 Å². The lowest BCUT2D eigenvalue weighted by molar-refractivity contribution is -0.134. The Labute approximate surface area is 136 Å². The molecular weight excluding hydrogens is 290 g/mol. The van der Waals surface area contributed by atoms with E-state index < -0.39 is 5.41 Å². The Hall–Kier alpha value is -1.68. The summed E-state index contributed by atoms with van der Waals surface area (Å²) in [5.74, 6) is 1.37. The van der Waals surface area contributed by atoms with Crippen LogP contribution in [0.4, 0.5) is 0 Å². The van der Waals surface area contributed by atoms with Gasteiger partial charge in [0.05, 0.1) is 11.5 Å². The second-order valence-electron chi connectivity index (χ2n) is 7.52.